The molecule has 0 aliphatic carbocycles. The third-order valence-electron chi connectivity index (χ3n) is 1.88. The minimum Gasteiger partial charge on any atom is -0.394 e. The van der Waals surface area contributed by atoms with E-state index in [2.05, 4.69) is 10.2 Å². The number of rotatable bonds is 3. The minimum absolute atomic E-state index is 0.104. The van der Waals surface area contributed by atoms with Gasteiger partial charge in [-0.15, -0.1) is 0 Å². The van der Waals surface area contributed by atoms with Crippen LogP contribution in [0, 0.1) is 0 Å². The Morgan fingerprint density at radius 3 is 2.53 bits per heavy atom. The van der Waals surface area contributed by atoms with Gasteiger partial charge in [0.2, 0.25) is 0 Å². The highest BCUT2D eigenvalue weighted by Crippen LogP contribution is 2.28. The zero-order chi connectivity index (χ0) is 11.7. The highest BCUT2D eigenvalue weighted by Gasteiger charge is 2.34. The Balaban J connectivity index is 2.78. The van der Waals surface area contributed by atoms with Crippen molar-refractivity contribution >= 4 is 0 Å². The molecule has 0 spiro atoms. The number of halogens is 3. The molecule has 0 saturated carbocycles. The van der Waals surface area contributed by atoms with Crippen LogP contribution in [0.2, 0.25) is 0 Å². The maximum Gasteiger partial charge on any atom is 0.435 e. The number of H-pyrrole nitrogens is 1. The monoisotopic (exact) mass is 223 g/mol. The molecular formula is C8H12F3N3O. The number of aromatic amines is 1. The second-order valence-electron chi connectivity index (χ2n) is 3.77. The van der Waals surface area contributed by atoms with Crippen LogP contribution in [0.3, 0.4) is 0 Å². The van der Waals surface area contributed by atoms with Crippen molar-refractivity contribution in [3.8, 4) is 0 Å². The first kappa shape index (κ1) is 12.0. The fraction of sp³-hybridized carbons (Fsp3) is 0.625. The molecule has 0 fully saturated rings. The molecule has 4 nitrogen and oxygen atoms in total. The molecule has 1 unspecified atom stereocenters. The van der Waals surface area contributed by atoms with E-state index in [9.17, 15) is 13.2 Å². The summed E-state index contributed by atoms with van der Waals surface area (Å²) in [4.78, 5) is 0. The first-order valence-electron chi connectivity index (χ1n) is 4.26. The van der Waals surface area contributed by atoms with Crippen LogP contribution in [0.5, 0.6) is 0 Å². The summed E-state index contributed by atoms with van der Waals surface area (Å²) in [6.45, 7) is 1.23. The summed E-state index contributed by atoms with van der Waals surface area (Å²) < 4.78 is 36.5. The average molecular weight is 223 g/mol. The number of aliphatic hydroxyl groups excluding tert-OH is 1. The fourth-order valence-electron chi connectivity index (χ4n) is 1.09. The van der Waals surface area contributed by atoms with Gasteiger partial charge in [-0.2, -0.15) is 18.3 Å². The summed E-state index contributed by atoms with van der Waals surface area (Å²) in [6.07, 6.45) is -4.36. The molecule has 7 heteroatoms. The van der Waals surface area contributed by atoms with E-state index in [0.717, 1.165) is 6.07 Å². The summed E-state index contributed by atoms with van der Waals surface area (Å²) >= 11 is 0. The second kappa shape index (κ2) is 3.82. The van der Waals surface area contributed by atoms with Crippen LogP contribution in [0.25, 0.3) is 0 Å². The van der Waals surface area contributed by atoms with Gasteiger partial charge in [-0.3, -0.25) is 5.10 Å². The molecule has 4 N–H and O–H groups in total. The van der Waals surface area contributed by atoms with Crippen LogP contribution in [-0.2, 0) is 12.6 Å². The van der Waals surface area contributed by atoms with Gasteiger partial charge >= 0.3 is 6.18 Å². The predicted octanol–water partition coefficient (Wildman–Crippen LogP) is 0.681. The van der Waals surface area contributed by atoms with Gasteiger partial charge in [0, 0.05) is 17.7 Å². The van der Waals surface area contributed by atoms with Crippen LogP contribution in [-0.4, -0.2) is 27.4 Å². The van der Waals surface area contributed by atoms with Crippen molar-refractivity contribution in [2.24, 2.45) is 5.73 Å². The third kappa shape index (κ3) is 3.21. The number of alkyl halides is 3. The van der Waals surface area contributed by atoms with Crippen molar-refractivity contribution in [3.05, 3.63) is 17.5 Å². The van der Waals surface area contributed by atoms with Gasteiger partial charge < -0.3 is 10.8 Å². The number of nitrogens with one attached hydrogen (secondary N) is 1. The molecule has 0 aliphatic heterocycles. The van der Waals surface area contributed by atoms with Crippen molar-refractivity contribution in [3.63, 3.8) is 0 Å². The standard InChI is InChI=1S/C8H12F3N3O/c1-7(12,4-15)3-5-2-6(14-13-5)8(9,10)11/h2,15H,3-4,12H2,1H3,(H,13,14). The van der Waals surface area contributed by atoms with Crippen molar-refractivity contribution in [2.45, 2.75) is 25.1 Å². The van der Waals surface area contributed by atoms with E-state index in [0.29, 0.717) is 0 Å². The maximum atomic E-state index is 12.2. The minimum atomic E-state index is -4.46. The highest BCUT2D eigenvalue weighted by atomic mass is 19.4. The molecule has 0 amide bonds. The van der Waals surface area contributed by atoms with E-state index < -0.39 is 17.4 Å². The molecule has 1 heterocycles. The predicted molar refractivity (Wildman–Crippen MR) is 47.0 cm³/mol. The third-order valence-corrected chi connectivity index (χ3v) is 1.88. The molecule has 0 saturated heterocycles. The van der Waals surface area contributed by atoms with Gasteiger partial charge in [-0.05, 0) is 13.0 Å². The van der Waals surface area contributed by atoms with Gasteiger partial charge in [-0.1, -0.05) is 0 Å². The Morgan fingerprint density at radius 2 is 2.13 bits per heavy atom. The van der Waals surface area contributed by atoms with Crippen molar-refractivity contribution in [2.75, 3.05) is 6.61 Å². The molecule has 0 bridgehead atoms. The molecular weight excluding hydrogens is 211 g/mol. The maximum absolute atomic E-state index is 12.2. The van der Waals surface area contributed by atoms with E-state index in [4.69, 9.17) is 10.8 Å². The van der Waals surface area contributed by atoms with E-state index in [1.807, 2.05) is 0 Å². The topological polar surface area (TPSA) is 74.9 Å². The Morgan fingerprint density at radius 1 is 1.53 bits per heavy atom. The van der Waals surface area contributed by atoms with Gasteiger partial charge in [0.1, 0.15) is 0 Å². The van der Waals surface area contributed by atoms with Gasteiger partial charge in [0.15, 0.2) is 5.69 Å². The number of aliphatic hydroxyl groups is 1. The second-order valence-corrected chi connectivity index (χ2v) is 3.77. The lowest BCUT2D eigenvalue weighted by Gasteiger charge is -2.20. The molecule has 0 radical (unpaired) electrons. The number of aromatic nitrogens is 2. The highest BCUT2D eigenvalue weighted by molar-refractivity contribution is 5.13. The zero-order valence-electron chi connectivity index (χ0n) is 8.10. The van der Waals surface area contributed by atoms with Gasteiger partial charge in [0.25, 0.3) is 0 Å². The van der Waals surface area contributed by atoms with E-state index in [-0.39, 0.29) is 18.7 Å². The summed E-state index contributed by atoms with van der Waals surface area (Å²) in [6, 6.07) is 0.890. The molecule has 1 aromatic heterocycles. The lowest BCUT2D eigenvalue weighted by atomic mass is 9.98. The largest absolute Gasteiger partial charge is 0.435 e. The number of hydrogen-bond donors (Lipinski definition) is 3. The summed E-state index contributed by atoms with van der Waals surface area (Å²) in [7, 11) is 0. The fourth-order valence-corrected chi connectivity index (χ4v) is 1.09. The average Bonchev–Trinajstić information content (AvgIpc) is 2.51. The molecule has 0 aromatic carbocycles. The number of nitrogens with zero attached hydrogens (tertiary/aromatic N) is 1. The van der Waals surface area contributed by atoms with Crippen molar-refractivity contribution in [1.29, 1.82) is 0 Å². The quantitative estimate of drug-likeness (QED) is 0.705. The lowest BCUT2D eigenvalue weighted by molar-refractivity contribution is -0.141. The Labute approximate surface area is 84.3 Å². The lowest BCUT2D eigenvalue weighted by Crippen LogP contribution is -2.42. The Kier molecular flexibility index (Phi) is 3.05. The van der Waals surface area contributed by atoms with Crippen LogP contribution in [0.15, 0.2) is 6.07 Å². The summed E-state index contributed by atoms with van der Waals surface area (Å²) in [5.74, 6) is 0. The molecule has 1 rings (SSSR count). The number of nitrogens with two attached hydrogens (primary N) is 1. The first-order chi connectivity index (χ1) is 6.74. The van der Waals surface area contributed by atoms with Crippen LogP contribution in [0.1, 0.15) is 18.3 Å². The van der Waals surface area contributed by atoms with E-state index in [1.54, 1.807) is 6.92 Å². The van der Waals surface area contributed by atoms with Crippen LogP contribution < -0.4 is 5.73 Å². The van der Waals surface area contributed by atoms with E-state index in [1.165, 1.54) is 0 Å². The van der Waals surface area contributed by atoms with Gasteiger partial charge in [0.05, 0.1) is 6.61 Å². The van der Waals surface area contributed by atoms with Gasteiger partial charge in [-0.25, -0.2) is 0 Å². The smallest absolute Gasteiger partial charge is 0.394 e. The Hall–Kier alpha value is -1.08. The molecule has 86 valence electrons. The molecule has 0 aliphatic rings. The Bertz CT molecular complexity index is 332. The van der Waals surface area contributed by atoms with Crippen molar-refractivity contribution < 1.29 is 18.3 Å². The summed E-state index contributed by atoms with van der Waals surface area (Å²) in [5, 5.41) is 14.2. The van der Waals surface area contributed by atoms with Crippen molar-refractivity contribution in [1.82, 2.24) is 10.2 Å². The first-order valence-corrected chi connectivity index (χ1v) is 4.26. The normalized spacial score (nSPS) is 16.4. The molecule has 1 aromatic rings. The zero-order valence-corrected chi connectivity index (χ0v) is 8.10. The SMILES string of the molecule is CC(N)(CO)Cc1cc(C(F)(F)F)n[nH]1. The molecule has 15 heavy (non-hydrogen) atoms. The van der Waals surface area contributed by atoms with Crippen LogP contribution >= 0.6 is 0 Å². The van der Waals surface area contributed by atoms with Crippen LogP contribution in [0.4, 0.5) is 13.2 Å². The molecule has 1 atom stereocenters. The van der Waals surface area contributed by atoms with E-state index >= 15 is 0 Å². The number of hydrogen-bond acceptors (Lipinski definition) is 3. The summed E-state index contributed by atoms with van der Waals surface area (Å²) in [5.41, 5.74) is 3.91.